The van der Waals surface area contributed by atoms with Gasteiger partial charge in [0.1, 0.15) is 10.6 Å². The zero-order valence-corrected chi connectivity index (χ0v) is 18.3. The summed E-state index contributed by atoms with van der Waals surface area (Å²) in [6.45, 7) is 4.35. The number of carbonyl (C=O) groups excluding carboxylic acids is 1. The SMILES string of the molecule is COCCN(CCOC)C(=O)CSc1nc(N)c2c3c(sc2n1)C[C@@H](C)CC3. The van der Waals surface area contributed by atoms with Crippen molar-refractivity contribution in [2.45, 2.75) is 31.3 Å². The molecule has 2 aromatic rings. The Balaban J connectivity index is 1.71. The molecule has 154 valence electrons. The molecule has 1 amide bonds. The first kappa shape index (κ1) is 21.3. The van der Waals surface area contributed by atoms with Crippen LogP contribution < -0.4 is 5.73 Å². The number of aryl methyl sites for hydroxylation is 1. The van der Waals surface area contributed by atoms with Gasteiger partial charge in [0.05, 0.1) is 24.4 Å². The molecule has 0 aromatic carbocycles. The predicted octanol–water partition coefficient (Wildman–Crippen LogP) is 2.61. The van der Waals surface area contributed by atoms with Crippen LogP contribution in [0.15, 0.2) is 5.16 Å². The summed E-state index contributed by atoms with van der Waals surface area (Å²) in [5.74, 6) is 1.51. The van der Waals surface area contributed by atoms with Crippen LogP contribution in [0.2, 0.25) is 0 Å². The number of hydrogen-bond acceptors (Lipinski definition) is 8. The van der Waals surface area contributed by atoms with E-state index in [1.54, 1.807) is 30.5 Å². The second-order valence-electron chi connectivity index (χ2n) is 7.08. The van der Waals surface area contributed by atoms with Crippen molar-refractivity contribution >= 4 is 45.0 Å². The highest BCUT2D eigenvalue weighted by atomic mass is 32.2. The van der Waals surface area contributed by atoms with Crippen LogP contribution in [0.4, 0.5) is 5.82 Å². The van der Waals surface area contributed by atoms with E-state index in [0.29, 0.717) is 43.2 Å². The highest BCUT2D eigenvalue weighted by Crippen LogP contribution is 2.39. The van der Waals surface area contributed by atoms with Crippen molar-refractivity contribution in [3.05, 3.63) is 10.4 Å². The van der Waals surface area contributed by atoms with Crippen molar-refractivity contribution in [3.63, 3.8) is 0 Å². The number of nitrogen functional groups attached to an aromatic ring is 1. The fourth-order valence-electron chi connectivity index (χ4n) is 3.40. The fourth-order valence-corrected chi connectivity index (χ4v) is 5.60. The zero-order valence-electron chi connectivity index (χ0n) is 16.7. The Morgan fingerprint density at radius 1 is 1.29 bits per heavy atom. The summed E-state index contributed by atoms with van der Waals surface area (Å²) in [5.41, 5.74) is 7.60. The van der Waals surface area contributed by atoms with Gasteiger partial charge in [-0.2, -0.15) is 0 Å². The van der Waals surface area contributed by atoms with Crippen LogP contribution in [0.25, 0.3) is 10.2 Å². The molecule has 3 rings (SSSR count). The number of methoxy groups -OCH3 is 2. The molecule has 2 aromatic heterocycles. The van der Waals surface area contributed by atoms with Crippen molar-refractivity contribution in [2.75, 3.05) is 52.0 Å². The molecular formula is C19H28N4O3S2. The summed E-state index contributed by atoms with van der Waals surface area (Å²) in [4.78, 5) is 25.8. The number of rotatable bonds is 9. The number of hydrogen-bond donors (Lipinski definition) is 1. The molecule has 0 saturated heterocycles. The van der Waals surface area contributed by atoms with E-state index in [0.717, 1.165) is 23.1 Å². The van der Waals surface area contributed by atoms with Crippen LogP contribution in [0.3, 0.4) is 0 Å². The molecule has 1 atom stereocenters. The van der Waals surface area contributed by atoms with Crippen LogP contribution in [-0.4, -0.2) is 67.1 Å². The first-order valence-corrected chi connectivity index (χ1v) is 11.3. The van der Waals surface area contributed by atoms with Gasteiger partial charge < -0.3 is 20.1 Å². The smallest absolute Gasteiger partial charge is 0.233 e. The minimum Gasteiger partial charge on any atom is -0.383 e. The Morgan fingerprint density at radius 3 is 2.68 bits per heavy atom. The molecule has 1 aliphatic rings. The Labute approximate surface area is 174 Å². The van der Waals surface area contributed by atoms with Gasteiger partial charge in [0.2, 0.25) is 5.91 Å². The third-order valence-corrected chi connectivity index (χ3v) is 6.95. The first-order valence-electron chi connectivity index (χ1n) is 9.49. The summed E-state index contributed by atoms with van der Waals surface area (Å²) in [7, 11) is 3.25. The van der Waals surface area contributed by atoms with Crippen molar-refractivity contribution in [1.82, 2.24) is 14.9 Å². The highest BCUT2D eigenvalue weighted by Gasteiger charge is 2.23. The molecule has 9 heteroatoms. The molecular weight excluding hydrogens is 396 g/mol. The van der Waals surface area contributed by atoms with Crippen molar-refractivity contribution in [1.29, 1.82) is 0 Å². The molecule has 1 aliphatic carbocycles. The minimum atomic E-state index is 0.0145. The molecule has 0 aliphatic heterocycles. The normalized spacial score (nSPS) is 16.3. The van der Waals surface area contributed by atoms with E-state index < -0.39 is 0 Å². The number of ether oxygens (including phenoxy) is 2. The van der Waals surface area contributed by atoms with Gasteiger partial charge in [-0.3, -0.25) is 4.79 Å². The number of anilines is 1. The first-order chi connectivity index (χ1) is 13.5. The van der Waals surface area contributed by atoms with Crippen molar-refractivity contribution < 1.29 is 14.3 Å². The number of fused-ring (bicyclic) bond motifs is 3. The second-order valence-corrected chi connectivity index (χ2v) is 9.10. The maximum Gasteiger partial charge on any atom is 0.233 e. The van der Waals surface area contributed by atoms with Crippen LogP contribution >= 0.6 is 23.1 Å². The molecule has 0 fully saturated rings. The van der Waals surface area contributed by atoms with Gasteiger partial charge in [-0.1, -0.05) is 18.7 Å². The molecule has 0 spiro atoms. The number of carbonyl (C=O) groups is 1. The van der Waals surface area contributed by atoms with Gasteiger partial charge in [0, 0.05) is 32.2 Å². The van der Waals surface area contributed by atoms with E-state index >= 15 is 0 Å². The lowest BCUT2D eigenvalue weighted by atomic mass is 9.89. The Morgan fingerprint density at radius 2 is 2.00 bits per heavy atom. The number of nitrogens with two attached hydrogens (primary N) is 1. The van der Waals surface area contributed by atoms with Crippen LogP contribution in [0.5, 0.6) is 0 Å². The van der Waals surface area contributed by atoms with Crippen LogP contribution in [0.1, 0.15) is 23.8 Å². The second kappa shape index (κ2) is 9.87. The Hall–Kier alpha value is -1.42. The van der Waals surface area contributed by atoms with Gasteiger partial charge in [0.25, 0.3) is 0 Å². The average molecular weight is 425 g/mol. The molecule has 2 N–H and O–H groups in total. The van der Waals surface area contributed by atoms with Gasteiger partial charge in [0.15, 0.2) is 5.16 Å². The zero-order chi connectivity index (χ0) is 20.1. The molecule has 2 heterocycles. The molecule has 0 radical (unpaired) electrons. The van der Waals surface area contributed by atoms with Gasteiger partial charge in [-0.05, 0) is 30.7 Å². The molecule has 0 bridgehead atoms. The Bertz CT molecular complexity index is 819. The van der Waals surface area contributed by atoms with E-state index in [2.05, 4.69) is 11.9 Å². The predicted molar refractivity (Wildman–Crippen MR) is 114 cm³/mol. The molecule has 0 unspecified atom stereocenters. The van der Waals surface area contributed by atoms with E-state index in [9.17, 15) is 4.79 Å². The molecule has 7 nitrogen and oxygen atoms in total. The molecule has 0 saturated carbocycles. The topological polar surface area (TPSA) is 90.6 Å². The number of nitrogens with zero attached hydrogens (tertiary/aromatic N) is 3. The maximum absolute atomic E-state index is 12.6. The summed E-state index contributed by atoms with van der Waals surface area (Å²) >= 11 is 3.05. The van der Waals surface area contributed by atoms with Crippen molar-refractivity contribution in [2.24, 2.45) is 5.92 Å². The lowest BCUT2D eigenvalue weighted by Crippen LogP contribution is -2.37. The standard InChI is InChI=1S/C19H28N4O3S2/c1-12-4-5-13-14(10-12)28-18-16(13)17(20)21-19(22-18)27-11-15(24)23(6-8-25-2)7-9-26-3/h12H,4-11H2,1-3H3,(H2,20,21,22)/t12-/m0/s1. The number of thiophene rings is 1. The highest BCUT2D eigenvalue weighted by molar-refractivity contribution is 7.99. The van der Waals surface area contributed by atoms with E-state index in [-0.39, 0.29) is 11.7 Å². The monoisotopic (exact) mass is 424 g/mol. The maximum atomic E-state index is 12.6. The van der Waals surface area contributed by atoms with Gasteiger partial charge >= 0.3 is 0 Å². The minimum absolute atomic E-state index is 0.0145. The quantitative estimate of drug-likeness (QED) is 0.489. The fraction of sp³-hybridized carbons (Fsp3) is 0.632. The largest absolute Gasteiger partial charge is 0.383 e. The van der Waals surface area contributed by atoms with E-state index in [1.165, 1.54) is 28.6 Å². The van der Waals surface area contributed by atoms with Crippen LogP contribution in [-0.2, 0) is 27.1 Å². The van der Waals surface area contributed by atoms with Crippen LogP contribution in [0, 0.1) is 5.92 Å². The summed E-state index contributed by atoms with van der Waals surface area (Å²) in [6, 6.07) is 0. The van der Waals surface area contributed by atoms with Crippen molar-refractivity contribution in [3.8, 4) is 0 Å². The Kier molecular flexibility index (Phi) is 7.50. The van der Waals surface area contributed by atoms with E-state index in [1.807, 2.05) is 0 Å². The summed E-state index contributed by atoms with van der Waals surface area (Å²) in [5, 5.41) is 1.58. The summed E-state index contributed by atoms with van der Waals surface area (Å²) < 4.78 is 10.2. The molecule has 28 heavy (non-hydrogen) atoms. The third kappa shape index (κ3) is 4.94. The lowest BCUT2D eigenvalue weighted by Gasteiger charge is -2.21. The summed E-state index contributed by atoms with van der Waals surface area (Å²) in [6.07, 6.45) is 3.32. The van der Waals surface area contributed by atoms with E-state index in [4.69, 9.17) is 20.2 Å². The number of amides is 1. The lowest BCUT2D eigenvalue weighted by molar-refractivity contribution is -0.129. The van der Waals surface area contributed by atoms with Gasteiger partial charge in [-0.15, -0.1) is 11.3 Å². The number of thioether (sulfide) groups is 1. The number of aromatic nitrogens is 2. The average Bonchev–Trinajstić information content (AvgIpc) is 3.04. The van der Waals surface area contributed by atoms with Gasteiger partial charge in [-0.25, -0.2) is 9.97 Å². The third-order valence-electron chi connectivity index (χ3n) is 4.97.